The van der Waals surface area contributed by atoms with Gasteiger partial charge in [0.1, 0.15) is 48.8 Å². The number of nitrogens with one attached hydrogen (secondary N) is 1. The molecule has 2 heterocycles. The number of carbonyl (C=O) groups is 1. The minimum atomic E-state index is -1.79. The number of aliphatic hydroxyl groups is 8. The van der Waals surface area contributed by atoms with Crippen molar-refractivity contribution in [3.63, 3.8) is 0 Å². The van der Waals surface area contributed by atoms with Gasteiger partial charge in [-0.3, -0.25) is 4.79 Å². The third kappa shape index (κ3) is 50.6. The first kappa shape index (κ1) is 92.3. The van der Waals surface area contributed by atoms with Crippen LogP contribution in [-0.2, 0) is 23.7 Å². The summed E-state index contributed by atoms with van der Waals surface area (Å²) in [5.41, 5.74) is 0. The summed E-state index contributed by atoms with van der Waals surface area (Å²) >= 11 is 0. The summed E-state index contributed by atoms with van der Waals surface area (Å²) in [6.45, 7) is 2.85. The Bertz CT molecular complexity index is 1780. The van der Waals surface area contributed by atoms with Gasteiger partial charge in [-0.25, -0.2) is 0 Å². The molecule has 0 bridgehead atoms. The van der Waals surface area contributed by atoms with E-state index >= 15 is 0 Å². The Morgan fingerprint density at radius 3 is 1.00 bits per heavy atom. The predicted molar refractivity (Wildman–Crippen MR) is 406 cm³/mol. The van der Waals surface area contributed by atoms with Crippen molar-refractivity contribution in [2.45, 2.75) is 473 Å². The minimum Gasteiger partial charge on any atom is -0.394 e. The van der Waals surface area contributed by atoms with Gasteiger partial charge in [-0.05, 0) is 44.9 Å². The van der Waals surface area contributed by atoms with Crippen LogP contribution in [0.25, 0.3) is 0 Å². The Labute approximate surface area is 601 Å². The molecule has 0 aromatic carbocycles. The third-order valence-electron chi connectivity index (χ3n) is 20.8. The second-order valence-electron chi connectivity index (χ2n) is 30.0. The summed E-state index contributed by atoms with van der Waals surface area (Å²) in [7, 11) is 0. The SMILES string of the molecule is CCCCCCCCCCCCCCCCCCCC/C=C/CC/C=C/CC/C=C/C(O)C(COC1OC(CO)C(OC2OC(CO)C(O)C(O)C2O)C(O)C1O)NC(=O)CCCCCCCCCCCCCCCCCCCCCCCCCCCCCCCCCCCCCC. The standard InChI is InChI=1S/C84H159NO13/c1-3-5-7-9-11-13-15-17-19-21-23-25-27-29-31-33-34-35-36-37-38-39-40-42-44-46-48-50-52-54-56-58-60-62-64-66-68-76(89)85-72(71-95-83-81(94)79(92)82(75(70-87)97-83)98-84-80(93)78(91)77(90)74(69-86)96-84)73(88)67-65-63-61-59-57-55-53-51-49-47-45-43-41-32-30-28-26-24-22-20-18-16-14-12-10-8-6-4-2/h49,51,57,59,65,67,72-75,77-84,86-88,90-94H,3-48,50,52-56,58,60-64,66,68-71H2,1-2H3,(H,85,89)/b51-49+,59-57+,67-65+. The molecule has 2 fully saturated rings. The van der Waals surface area contributed by atoms with E-state index < -0.39 is 86.8 Å². The van der Waals surface area contributed by atoms with Crippen molar-refractivity contribution in [2.24, 2.45) is 0 Å². The van der Waals surface area contributed by atoms with Gasteiger partial charge in [0.15, 0.2) is 12.6 Å². The van der Waals surface area contributed by atoms with E-state index in [9.17, 15) is 45.6 Å². The second kappa shape index (κ2) is 68.3. The first-order valence-electron chi connectivity index (χ1n) is 42.2. The first-order chi connectivity index (χ1) is 48.1. The maximum atomic E-state index is 13.4. The number of hydrogen-bond donors (Lipinski definition) is 9. The highest BCUT2D eigenvalue weighted by Crippen LogP contribution is 2.30. The highest BCUT2D eigenvalue weighted by Gasteiger charge is 2.51. The van der Waals surface area contributed by atoms with Crippen molar-refractivity contribution in [3.05, 3.63) is 36.5 Å². The van der Waals surface area contributed by atoms with Crippen LogP contribution in [0.4, 0.5) is 0 Å². The maximum absolute atomic E-state index is 13.4. The van der Waals surface area contributed by atoms with Crippen LogP contribution in [0.1, 0.15) is 399 Å². The van der Waals surface area contributed by atoms with E-state index in [1.165, 1.54) is 321 Å². The molecule has 0 aromatic rings. The summed E-state index contributed by atoms with van der Waals surface area (Å²) in [5, 5.41) is 87.7. The molecule has 0 radical (unpaired) electrons. The van der Waals surface area contributed by atoms with Gasteiger partial charge in [-0.1, -0.05) is 384 Å². The van der Waals surface area contributed by atoms with Crippen LogP contribution < -0.4 is 5.32 Å². The Morgan fingerprint density at radius 2 is 0.653 bits per heavy atom. The molecule has 2 aliphatic heterocycles. The zero-order chi connectivity index (χ0) is 70.8. The number of aliphatic hydroxyl groups excluding tert-OH is 8. The molecule has 578 valence electrons. The van der Waals surface area contributed by atoms with Crippen molar-refractivity contribution in [2.75, 3.05) is 19.8 Å². The zero-order valence-electron chi connectivity index (χ0n) is 63.6. The molecule has 0 saturated carbocycles. The lowest BCUT2D eigenvalue weighted by atomic mass is 9.97. The van der Waals surface area contributed by atoms with Crippen molar-refractivity contribution in [1.82, 2.24) is 5.32 Å². The number of unbranched alkanes of at least 4 members (excludes halogenated alkanes) is 55. The van der Waals surface area contributed by atoms with Crippen molar-refractivity contribution in [3.8, 4) is 0 Å². The summed E-state index contributed by atoms with van der Waals surface area (Å²) in [5.74, 6) is -0.244. The van der Waals surface area contributed by atoms with E-state index in [2.05, 4.69) is 43.5 Å². The largest absolute Gasteiger partial charge is 0.394 e. The molecule has 2 aliphatic rings. The van der Waals surface area contributed by atoms with Gasteiger partial charge < -0.3 is 65.1 Å². The van der Waals surface area contributed by atoms with Crippen LogP contribution in [-0.4, -0.2) is 140 Å². The fourth-order valence-electron chi connectivity index (χ4n) is 14.2. The van der Waals surface area contributed by atoms with E-state index in [-0.39, 0.29) is 18.9 Å². The molecule has 1 amide bonds. The number of ether oxygens (including phenoxy) is 4. The summed E-state index contributed by atoms with van der Waals surface area (Å²) < 4.78 is 22.9. The lowest BCUT2D eigenvalue weighted by Gasteiger charge is -2.46. The average Bonchev–Trinajstić information content (AvgIpc) is 0.792. The Balaban J connectivity index is 1.60. The van der Waals surface area contributed by atoms with Crippen LogP contribution in [0.5, 0.6) is 0 Å². The van der Waals surface area contributed by atoms with Gasteiger partial charge in [-0.15, -0.1) is 0 Å². The second-order valence-corrected chi connectivity index (χ2v) is 30.0. The molecular formula is C84H159NO13. The summed E-state index contributed by atoms with van der Waals surface area (Å²) in [6.07, 6.45) is 74.0. The maximum Gasteiger partial charge on any atom is 0.220 e. The predicted octanol–water partition coefficient (Wildman–Crippen LogP) is 19.6. The number of amides is 1. The molecule has 0 aliphatic carbocycles. The molecular weight excluding hydrogens is 1230 g/mol. The van der Waals surface area contributed by atoms with Crippen molar-refractivity contribution in [1.29, 1.82) is 0 Å². The van der Waals surface area contributed by atoms with Gasteiger partial charge in [-0.2, -0.15) is 0 Å². The molecule has 9 N–H and O–H groups in total. The van der Waals surface area contributed by atoms with Gasteiger partial charge >= 0.3 is 0 Å². The van der Waals surface area contributed by atoms with Crippen LogP contribution in [0.3, 0.4) is 0 Å². The Morgan fingerprint density at radius 1 is 0.357 bits per heavy atom. The Kier molecular flexibility index (Phi) is 64.3. The molecule has 2 saturated heterocycles. The molecule has 0 aromatic heterocycles. The minimum absolute atomic E-state index is 0.244. The van der Waals surface area contributed by atoms with Gasteiger partial charge in [0.25, 0.3) is 0 Å². The monoisotopic (exact) mass is 1390 g/mol. The molecule has 0 spiro atoms. The van der Waals surface area contributed by atoms with E-state index in [1.54, 1.807) is 6.08 Å². The number of carbonyl (C=O) groups excluding carboxylic acids is 1. The topological polar surface area (TPSA) is 228 Å². The van der Waals surface area contributed by atoms with Crippen LogP contribution >= 0.6 is 0 Å². The molecule has 14 nitrogen and oxygen atoms in total. The lowest BCUT2D eigenvalue weighted by molar-refractivity contribution is -0.359. The van der Waals surface area contributed by atoms with Gasteiger partial charge in [0.2, 0.25) is 5.91 Å². The highest BCUT2D eigenvalue weighted by molar-refractivity contribution is 5.76. The molecule has 14 heteroatoms. The molecule has 12 atom stereocenters. The number of hydrogen-bond acceptors (Lipinski definition) is 13. The molecule has 12 unspecified atom stereocenters. The highest BCUT2D eigenvalue weighted by atomic mass is 16.7. The first-order valence-corrected chi connectivity index (χ1v) is 42.2. The fraction of sp³-hybridized carbons (Fsp3) is 0.917. The molecule has 2 rings (SSSR count). The average molecular weight is 1390 g/mol. The molecule has 98 heavy (non-hydrogen) atoms. The zero-order valence-corrected chi connectivity index (χ0v) is 63.6. The number of rotatable bonds is 72. The van der Waals surface area contributed by atoms with Crippen LogP contribution in [0.2, 0.25) is 0 Å². The number of allylic oxidation sites excluding steroid dienone is 5. The van der Waals surface area contributed by atoms with Crippen molar-refractivity contribution >= 4 is 5.91 Å². The summed E-state index contributed by atoms with van der Waals surface area (Å²) in [4.78, 5) is 13.4. The van der Waals surface area contributed by atoms with Crippen molar-refractivity contribution < 1.29 is 64.6 Å². The van der Waals surface area contributed by atoms with Gasteiger partial charge in [0, 0.05) is 6.42 Å². The fourth-order valence-corrected chi connectivity index (χ4v) is 14.2. The van der Waals surface area contributed by atoms with Crippen LogP contribution in [0, 0.1) is 0 Å². The summed E-state index contributed by atoms with van der Waals surface area (Å²) in [6, 6.07) is -0.938. The van der Waals surface area contributed by atoms with E-state index in [0.717, 1.165) is 44.9 Å². The quantitative estimate of drug-likeness (QED) is 0.0204. The van der Waals surface area contributed by atoms with Gasteiger partial charge in [0.05, 0.1) is 32.0 Å². The van der Waals surface area contributed by atoms with Crippen LogP contribution in [0.15, 0.2) is 36.5 Å². The third-order valence-corrected chi connectivity index (χ3v) is 20.8. The lowest BCUT2D eigenvalue weighted by Crippen LogP contribution is -2.65. The smallest absolute Gasteiger partial charge is 0.220 e. The normalized spacial score (nSPS) is 22.1. The Hall–Kier alpha value is -1.79. The van der Waals surface area contributed by atoms with E-state index in [0.29, 0.717) is 12.8 Å². The van der Waals surface area contributed by atoms with E-state index in [4.69, 9.17) is 18.9 Å². The van der Waals surface area contributed by atoms with E-state index in [1.807, 2.05) is 6.08 Å².